The number of nitrogens with zero attached hydrogens (tertiary/aromatic N) is 3. The molecule has 2 heterocycles. The highest BCUT2D eigenvalue weighted by Gasteiger charge is 2.10. The van der Waals surface area contributed by atoms with Crippen LogP contribution in [-0.2, 0) is 6.54 Å². The Hall–Kier alpha value is -3.46. The molecule has 5 nitrogen and oxygen atoms in total. The van der Waals surface area contributed by atoms with Crippen LogP contribution in [0.1, 0.15) is 16.8 Å². The third kappa shape index (κ3) is 3.90. The maximum atomic E-state index is 13.8. The number of pyridine rings is 2. The third-order valence-corrected chi connectivity index (χ3v) is 3.49. The number of ether oxygens (including phenoxy) is 1. The summed E-state index contributed by atoms with van der Waals surface area (Å²) in [5, 5.41) is 12.3. The first-order valence-corrected chi connectivity index (χ1v) is 7.65. The van der Waals surface area contributed by atoms with E-state index in [-0.39, 0.29) is 5.75 Å². The van der Waals surface area contributed by atoms with Crippen LogP contribution >= 0.6 is 0 Å². The lowest BCUT2D eigenvalue weighted by molar-refractivity contribution is 0.423. The molecule has 0 aliphatic rings. The van der Waals surface area contributed by atoms with Gasteiger partial charge in [0.15, 0.2) is 11.6 Å². The number of anilines is 1. The van der Waals surface area contributed by atoms with Crippen LogP contribution in [0.2, 0.25) is 0 Å². The first-order chi connectivity index (χ1) is 12.2. The number of nitrogens with one attached hydrogen (secondary N) is 1. The van der Waals surface area contributed by atoms with Crippen LogP contribution in [0.25, 0.3) is 0 Å². The molecule has 0 saturated carbocycles. The monoisotopic (exact) mass is 334 g/mol. The predicted molar refractivity (Wildman–Crippen MR) is 91.7 cm³/mol. The largest absolute Gasteiger partial charge is 0.436 e. The molecule has 25 heavy (non-hydrogen) atoms. The number of hydrogen-bond acceptors (Lipinski definition) is 5. The summed E-state index contributed by atoms with van der Waals surface area (Å²) >= 11 is 0. The molecule has 0 bridgehead atoms. The molecule has 6 heteroatoms. The first kappa shape index (κ1) is 16.4. The molecule has 124 valence electrons. The average molecular weight is 334 g/mol. The van der Waals surface area contributed by atoms with Gasteiger partial charge in [0.1, 0.15) is 11.9 Å². The van der Waals surface area contributed by atoms with Gasteiger partial charge in [0, 0.05) is 24.0 Å². The van der Waals surface area contributed by atoms with Crippen LogP contribution in [0.15, 0.2) is 54.7 Å². The second kappa shape index (κ2) is 7.41. The summed E-state index contributed by atoms with van der Waals surface area (Å²) in [6.07, 6.45) is 1.57. The van der Waals surface area contributed by atoms with Crippen molar-refractivity contribution in [3.63, 3.8) is 0 Å². The highest BCUT2D eigenvalue weighted by Crippen LogP contribution is 2.26. The molecule has 1 aromatic carbocycles. The number of aromatic nitrogens is 2. The molecule has 0 fully saturated rings. The molecule has 0 aliphatic heterocycles. The van der Waals surface area contributed by atoms with Gasteiger partial charge in [0.25, 0.3) is 0 Å². The van der Waals surface area contributed by atoms with E-state index in [9.17, 15) is 9.65 Å². The Balaban J connectivity index is 1.82. The molecular formula is C19H15FN4O. The van der Waals surface area contributed by atoms with Crippen LogP contribution in [0.3, 0.4) is 0 Å². The lowest BCUT2D eigenvalue weighted by Crippen LogP contribution is -2.06. The van der Waals surface area contributed by atoms with Gasteiger partial charge in [-0.15, -0.1) is 0 Å². The van der Waals surface area contributed by atoms with E-state index in [0.29, 0.717) is 23.8 Å². The Bertz CT molecular complexity index is 937. The smallest absolute Gasteiger partial charge is 0.224 e. The van der Waals surface area contributed by atoms with Crippen LogP contribution in [0.5, 0.6) is 11.6 Å². The summed E-state index contributed by atoms with van der Waals surface area (Å²) < 4.78 is 19.4. The zero-order valence-electron chi connectivity index (χ0n) is 13.5. The molecule has 0 aliphatic carbocycles. The summed E-state index contributed by atoms with van der Waals surface area (Å²) in [6.45, 7) is 2.19. The third-order valence-electron chi connectivity index (χ3n) is 3.49. The number of nitriles is 1. The molecule has 3 rings (SSSR count). The van der Waals surface area contributed by atoms with Gasteiger partial charge in [-0.1, -0.05) is 18.2 Å². The topological polar surface area (TPSA) is 70.8 Å². The highest BCUT2D eigenvalue weighted by molar-refractivity contribution is 5.52. The van der Waals surface area contributed by atoms with Gasteiger partial charge in [-0.2, -0.15) is 5.26 Å². The Labute approximate surface area is 144 Å². The molecular weight excluding hydrogens is 319 g/mol. The van der Waals surface area contributed by atoms with E-state index < -0.39 is 5.82 Å². The van der Waals surface area contributed by atoms with Crippen molar-refractivity contribution in [1.29, 1.82) is 5.26 Å². The van der Waals surface area contributed by atoms with Gasteiger partial charge >= 0.3 is 0 Å². The van der Waals surface area contributed by atoms with Crippen molar-refractivity contribution in [1.82, 2.24) is 9.97 Å². The van der Waals surface area contributed by atoms with Crippen LogP contribution in [-0.4, -0.2) is 9.97 Å². The predicted octanol–water partition coefficient (Wildman–Crippen LogP) is 4.20. The number of hydrogen-bond donors (Lipinski definition) is 1. The average Bonchev–Trinajstić information content (AvgIpc) is 2.63. The summed E-state index contributed by atoms with van der Waals surface area (Å²) in [6, 6.07) is 15.3. The lowest BCUT2D eigenvalue weighted by atomic mass is 10.2. The Morgan fingerprint density at radius 3 is 2.80 bits per heavy atom. The summed E-state index contributed by atoms with van der Waals surface area (Å²) in [7, 11) is 0. The Morgan fingerprint density at radius 2 is 2.00 bits per heavy atom. The van der Waals surface area contributed by atoms with Gasteiger partial charge in [0.05, 0.1) is 5.56 Å². The minimum atomic E-state index is -0.459. The van der Waals surface area contributed by atoms with Crippen molar-refractivity contribution < 1.29 is 9.13 Å². The zero-order chi connectivity index (χ0) is 17.6. The summed E-state index contributed by atoms with van der Waals surface area (Å²) in [5.41, 5.74) is 1.97. The number of para-hydroxylation sites is 1. The first-order valence-electron chi connectivity index (χ1n) is 7.65. The van der Waals surface area contributed by atoms with Crippen molar-refractivity contribution in [2.24, 2.45) is 0 Å². The summed E-state index contributed by atoms with van der Waals surface area (Å²) in [5.74, 6) is 0.433. The standard InChI is InChI=1S/C19H15FN4O/c1-13-8-9-14(11-21)18(24-13)23-12-15-5-4-10-22-19(15)25-17-7-3-2-6-16(17)20/h2-10H,12H2,1H3,(H,23,24). The van der Waals surface area contributed by atoms with Crippen molar-refractivity contribution in [3.8, 4) is 17.7 Å². The fourth-order valence-corrected chi connectivity index (χ4v) is 2.24. The fraction of sp³-hybridized carbons (Fsp3) is 0.105. The van der Waals surface area contributed by atoms with Crippen molar-refractivity contribution in [3.05, 3.63) is 77.4 Å². The lowest BCUT2D eigenvalue weighted by Gasteiger charge is -2.12. The Kier molecular flexibility index (Phi) is 4.86. The highest BCUT2D eigenvalue weighted by atomic mass is 19.1. The van der Waals surface area contributed by atoms with E-state index in [1.54, 1.807) is 36.5 Å². The molecule has 3 aromatic rings. The van der Waals surface area contributed by atoms with Crippen LogP contribution < -0.4 is 10.1 Å². The quantitative estimate of drug-likeness (QED) is 0.757. The van der Waals surface area contributed by atoms with Crippen molar-refractivity contribution >= 4 is 5.82 Å². The number of benzene rings is 1. The molecule has 0 amide bonds. The molecule has 0 spiro atoms. The van der Waals surface area contributed by atoms with E-state index >= 15 is 0 Å². The molecule has 0 radical (unpaired) electrons. The minimum absolute atomic E-state index is 0.105. The second-order valence-corrected chi connectivity index (χ2v) is 5.31. The van der Waals surface area contributed by atoms with Crippen molar-refractivity contribution in [2.75, 3.05) is 5.32 Å². The molecule has 0 unspecified atom stereocenters. The number of rotatable bonds is 5. The van der Waals surface area contributed by atoms with E-state index in [1.807, 2.05) is 13.0 Å². The Morgan fingerprint density at radius 1 is 1.16 bits per heavy atom. The number of halogens is 1. The van der Waals surface area contributed by atoms with E-state index in [2.05, 4.69) is 21.4 Å². The SMILES string of the molecule is Cc1ccc(C#N)c(NCc2cccnc2Oc2ccccc2F)n1. The van der Waals surface area contributed by atoms with Gasteiger partial charge in [-0.3, -0.25) is 0 Å². The normalized spacial score (nSPS) is 10.1. The minimum Gasteiger partial charge on any atom is -0.436 e. The van der Waals surface area contributed by atoms with E-state index in [4.69, 9.17) is 4.74 Å². The second-order valence-electron chi connectivity index (χ2n) is 5.31. The summed E-state index contributed by atoms with van der Waals surface area (Å²) in [4.78, 5) is 8.51. The molecule has 0 atom stereocenters. The van der Waals surface area contributed by atoms with E-state index in [1.165, 1.54) is 12.1 Å². The van der Waals surface area contributed by atoms with Crippen LogP contribution in [0.4, 0.5) is 10.2 Å². The molecule has 1 N–H and O–H groups in total. The van der Waals surface area contributed by atoms with Crippen LogP contribution in [0, 0.1) is 24.1 Å². The van der Waals surface area contributed by atoms with Gasteiger partial charge in [-0.05, 0) is 37.3 Å². The van der Waals surface area contributed by atoms with E-state index in [0.717, 1.165) is 11.3 Å². The fourth-order valence-electron chi connectivity index (χ4n) is 2.24. The van der Waals surface area contributed by atoms with Crippen molar-refractivity contribution in [2.45, 2.75) is 13.5 Å². The van der Waals surface area contributed by atoms with Gasteiger partial charge in [-0.25, -0.2) is 14.4 Å². The maximum Gasteiger partial charge on any atom is 0.224 e. The number of aryl methyl sites for hydroxylation is 1. The van der Waals surface area contributed by atoms with Gasteiger partial charge < -0.3 is 10.1 Å². The molecule has 2 aromatic heterocycles. The van der Waals surface area contributed by atoms with Gasteiger partial charge in [0.2, 0.25) is 5.88 Å². The maximum absolute atomic E-state index is 13.8. The zero-order valence-corrected chi connectivity index (χ0v) is 13.5. The molecule has 0 saturated heterocycles.